The molecule has 6 nitrogen and oxygen atoms in total. The van der Waals surface area contributed by atoms with Crippen LogP contribution in [-0.2, 0) is 11.3 Å². The fraction of sp³-hybridized carbons (Fsp3) is 0.182. The van der Waals surface area contributed by atoms with E-state index in [2.05, 4.69) is 15.6 Å². The van der Waals surface area contributed by atoms with E-state index in [0.717, 1.165) is 22.6 Å². The van der Waals surface area contributed by atoms with Crippen LogP contribution in [0.25, 0.3) is 0 Å². The highest BCUT2D eigenvalue weighted by molar-refractivity contribution is 5.91. The average Bonchev–Trinajstić information content (AvgIpc) is 2.73. The zero-order valence-corrected chi connectivity index (χ0v) is 15.9. The lowest BCUT2D eigenvalue weighted by atomic mass is 10.2. The molecule has 2 N–H and O–H groups in total. The van der Waals surface area contributed by atoms with Crippen molar-refractivity contribution in [1.82, 2.24) is 4.98 Å². The van der Waals surface area contributed by atoms with Crippen molar-refractivity contribution in [1.29, 1.82) is 0 Å². The maximum Gasteiger partial charge on any atom is 0.263 e. The predicted molar refractivity (Wildman–Crippen MR) is 110 cm³/mol. The monoisotopic (exact) mass is 377 g/mol. The molecule has 0 aliphatic heterocycles. The molecule has 2 aromatic carbocycles. The summed E-state index contributed by atoms with van der Waals surface area (Å²) in [5.74, 6) is 1.70. The number of aryl methyl sites for hydroxylation is 1. The van der Waals surface area contributed by atoms with Crippen LogP contribution in [0.4, 0.5) is 11.5 Å². The smallest absolute Gasteiger partial charge is 0.263 e. The summed E-state index contributed by atoms with van der Waals surface area (Å²) in [6, 6.07) is 19.0. The molecular formula is C22H23N3O3. The summed E-state index contributed by atoms with van der Waals surface area (Å²) >= 11 is 0. The molecule has 0 atom stereocenters. The fourth-order valence-corrected chi connectivity index (χ4v) is 2.58. The van der Waals surface area contributed by atoms with E-state index in [0.29, 0.717) is 18.1 Å². The van der Waals surface area contributed by atoms with Crippen molar-refractivity contribution in [2.45, 2.75) is 13.5 Å². The first kappa shape index (κ1) is 19.2. The van der Waals surface area contributed by atoms with Crippen molar-refractivity contribution in [3.8, 4) is 11.5 Å². The number of methoxy groups -OCH3 is 1. The topological polar surface area (TPSA) is 72.5 Å². The number of para-hydroxylation sites is 1. The molecule has 28 heavy (non-hydrogen) atoms. The van der Waals surface area contributed by atoms with E-state index in [9.17, 15) is 4.79 Å². The molecule has 0 saturated heterocycles. The summed E-state index contributed by atoms with van der Waals surface area (Å²) in [4.78, 5) is 16.3. The zero-order chi connectivity index (χ0) is 19.8. The maximum absolute atomic E-state index is 12.0. The van der Waals surface area contributed by atoms with Crippen LogP contribution in [0.1, 0.15) is 11.1 Å². The third kappa shape index (κ3) is 5.48. The van der Waals surface area contributed by atoms with E-state index in [-0.39, 0.29) is 12.5 Å². The standard InChI is InChI=1S/C22H23N3O3/c1-16-7-10-19(11-8-16)28-15-22(26)25-21-12-9-18(14-24-21)23-13-17-5-3-4-6-20(17)27-2/h3-12,14,23H,13,15H2,1-2H3,(H,24,25,26). The molecule has 144 valence electrons. The second-order valence-corrected chi connectivity index (χ2v) is 6.25. The van der Waals surface area contributed by atoms with Gasteiger partial charge in [0.05, 0.1) is 19.0 Å². The molecule has 6 heteroatoms. The van der Waals surface area contributed by atoms with Crippen LogP contribution in [0.5, 0.6) is 11.5 Å². The van der Waals surface area contributed by atoms with Gasteiger partial charge in [-0.2, -0.15) is 0 Å². The molecule has 0 fully saturated rings. The second-order valence-electron chi connectivity index (χ2n) is 6.25. The van der Waals surface area contributed by atoms with Crippen LogP contribution in [-0.4, -0.2) is 24.6 Å². The van der Waals surface area contributed by atoms with Crippen LogP contribution in [0, 0.1) is 6.92 Å². The van der Waals surface area contributed by atoms with Gasteiger partial charge in [0.25, 0.3) is 5.91 Å². The number of carbonyl (C=O) groups excluding carboxylic acids is 1. The van der Waals surface area contributed by atoms with Crippen molar-refractivity contribution in [3.05, 3.63) is 78.0 Å². The first-order chi connectivity index (χ1) is 13.6. The van der Waals surface area contributed by atoms with Gasteiger partial charge in [0, 0.05) is 12.1 Å². The number of anilines is 2. The van der Waals surface area contributed by atoms with Crippen LogP contribution in [0.15, 0.2) is 66.9 Å². The summed E-state index contributed by atoms with van der Waals surface area (Å²) in [5.41, 5.74) is 3.04. The lowest BCUT2D eigenvalue weighted by molar-refractivity contribution is -0.118. The Morgan fingerprint density at radius 1 is 1.04 bits per heavy atom. The van der Waals surface area contributed by atoms with Crippen molar-refractivity contribution in [2.75, 3.05) is 24.4 Å². The van der Waals surface area contributed by atoms with Gasteiger partial charge in [-0.1, -0.05) is 35.9 Å². The van der Waals surface area contributed by atoms with Crippen LogP contribution in [0.3, 0.4) is 0 Å². The zero-order valence-electron chi connectivity index (χ0n) is 15.9. The predicted octanol–water partition coefficient (Wildman–Crippen LogP) is 4.03. The number of benzene rings is 2. The molecule has 0 radical (unpaired) electrons. The highest BCUT2D eigenvalue weighted by Gasteiger charge is 2.06. The van der Waals surface area contributed by atoms with Crippen LogP contribution < -0.4 is 20.1 Å². The Bertz CT molecular complexity index is 909. The van der Waals surface area contributed by atoms with Gasteiger partial charge in [0.1, 0.15) is 17.3 Å². The van der Waals surface area contributed by atoms with Crippen molar-refractivity contribution < 1.29 is 14.3 Å². The summed E-state index contributed by atoms with van der Waals surface area (Å²) < 4.78 is 10.8. The van der Waals surface area contributed by atoms with Gasteiger partial charge in [-0.25, -0.2) is 4.98 Å². The number of aromatic nitrogens is 1. The van der Waals surface area contributed by atoms with Crippen molar-refractivity contribution in [2.24, 2.45) is 0 Å². The van der Waals surface area contributed by atoms with Crippen molar-refractivity contribution >= 4 is 17.4 Å². The molecule has 3 rings (SSSR count). The SMILES string of the molecule is COc1ccccc1CNc1ccc(NC(=O)COc2ccc(C)cc2)nc1. The third-order valence-corrected chi connectivity index (χ3v) is 4.10. The Morgan fingerprint density at radius 2 is 1.82 bits per heavy atom. The molecule has 0 unspecified atom stereocenters. The first-order valence-electron chi connectivity index (χ1n) is 8.95. The Kier molecular flexibility index (Phi) is 6.46. The molecule has 3 aromatic rings. The van der Waals surface area contributed by atoms with Gasteiger partial charge >= 0.3 is 0 Å². The number of nitrogens with one attached hydrogen (secondary N) is 2. The van der Waals surface area contributed by atoms with Gasteiger partial charge in [-0.15, -0.1) is 0 Å². The number of pyridine rings is 1. The Hall–Kier alpha value is -3.54. The fourth-order valence-electron chi connectivity index (χ4n) is 2.58. The van der Waals surface area contributed by atoms with E-state index in [1.807, 2.05) is 61.5 Å². The van der Waals surface area contributed by atoms with Crippen LogP contribution in [0.2, 0.25) is 0 Å². The molecule has 1 amide bonds. The molecular weight excluding hydrogens is 354 g/mol. The van der Waals surface area contributed by atoms with Gasteiger partial charge in [0.2, 0.25) is 0 Å². The van der Waals surface area contributed by atoms with Gasteiger partial charge < -0.3 is 20.1 Å². The number of carbonyl (C=O) groups is 1. The van der Waals surface area contributed by atoms with E-state index >= 15 is 0 Å². The molecule has 0 saturated carbocycles. The number of hydrogen-bond acceptors (Lipinski definition) is 5. The number of ether oxygens (including phenoxy) is 2. The molecule has 0 aliphatic rings. The summed E-state index contributed by atoms with van der Waals surface area (Å²) in [7, 11) is 1.65. The number of hydrogen-bond donors (Lipinski definition) is 2. The summed E-state index contributed by atoms with van der Waals surface area (Å²) in [6.07, 6.45) is 1.67. The Morgan fingerprint density at radius 3 is 2.54 bits per heavy atom. The molecule has 0 aliphatic carbocycles. The largest absolute Gasteiger partial charge is 0.496 e. The highest BCUT2D eigenvalue weighted by Crippen LogP contribution is 2.19. The second kappa shape index (κ2) is 9.41. The van der Waals surface area contributed by atoms with Crippen molar-refractivity contribution in [3.63, 3.8) is 0 Å². The number of amides is 1. The van der Waals surface area contributed by atoms with Gasteiger partial charge in [0.15, 0.2) is 6.61 Å². The lowest BCUT2D eigenvalue weighted by Crippen LogP contribution is -2.20. The third-order valence-electron chi connectivity index (χ3n) is 4.10. The average molecular weight is 377 g/mol. The summed E-state index contributed by atoms with van der Waals surface area (Å²) in [6.45, 7) is 2.54. The lowest BCUT2D eigenvalue weighted by Gasteiger charge is -2.11. The number of rotatable bonds is 8. The minimum Gasteiger partial charge on any atom is -0.496 e. The van der Waals surface area contributed by atoms with Gasteiger partial charge in [-0.05, 0) is 37.3 Å². The molecule has 0 bridgehead atoms. The van der Waals surface area contributed by atoms with Gasteiger partial charge in [-0.3, -0.25) is 4.79 Å². The summed E-state index contributed by atoms with van der Waals surface area (Å²) in [5, 5.41) is 6.01. The maximum atomic E-state index is 12.0. The first-order valence-corrected chi connectivity index (χ1v) is 8.95. The normalized spacial score (nSPS) is 10.2. The van der Waals surface area contributed by atoms with E-state index in [1.165, 1.54) is 0 Å². The Labute approximate surface area is 164 Å². The Balaban J connectivity index is 1.48. The van der Waals surface area contributed by atoms with E-state index in [4.69, 9.17) is 9.47 Å². The minimum absolute atomic E-state index is 0.0709. The van der Waals surface area contributed by atoms with E-state index in [1.54, 1.807) is 19.4 Å². The number of nitrogens with zero attached hydrogens (tertiary/aromatic N) is 1. The minimum atomic E-state index is -0.261. The highest BCUT2D eigenvalue weighted by atomic mass is 16.5. The molecule has 1 aromatic heterocycles. The molecule has 0 spiro atoms. The quantitative estimate of drug-likeness (QED) is 0.620. The van der Waals surface area contributed by atoms with Crippen LogP contribution >= 0.6 is 0 Å². The molecule has 1 heterocycles. The van der Waals surface area contributed by atoms with E-state index < -0.39 is 0 Å².